The van der Waals surface area contributed by atoms with E-state index in [1.54, 1.807) is 6.26 Å². The van der Waals surface area contributed by atoms with Gasteiger partial charge >= 0.3 is 0 Å². The fourth-order valence-electron chi connectivity index (χ4n) is 3.86. The average molecular weight is 248 g/mol. The summed E-state index contributed by atoms with van der Waals surface area (Å²) in [4.78, 5) is 2.52. The molecule has 0 radical (unpaired) electrons. The standard InChI is InChI=1S/C15H24N2O/c16-12-13(14-4-3-11-18-14)17-9-7-15(8-10-17)5-1-2-6-15/h3-4,11,13H,1-2,5-10,12,16H2. The number of hydrogen-bond acceptors (Lipinski definition) is 3. The molecule has 18 heavy (non-hydrogen) atoms. The topological polar surface area (TPSA) is 42.4 Å². The molecular weight excluding hydrogens is 224 g/mol. The van der Waals surface area contributed by atoms with Crippen LogP contribution < -0.4 is 5.73 Å². The lowest BCUT2D eigenvalue weighted by molar-refractivity contribution is 0.0704. The van der Waals surface area contributed by atoms with Crippen LogP contribution >= 0.6 is 0 Å². The molecule has 2 fully saturated rings. The van der Waals surface area contributed by atoms with E-state index >= 15 is 0 Å². The fraction of sp³-hybridized carbons (Fsp3) is 0.733. The molecule has 3 rings (SSSR count). The summed E-state index contributed by atoms with van der Waals surface area (Å²) in [5.41, 5.74) is 6.62. The van der Waals surface area contributed by atoms with Gasteiger partial charge in [0.05, 0.1) is 12.3 Å². The summed E-state index contributed by atoms with van der Waals surface area (Å²) in [5.74, 6) is 1.03. The molecule has 1 atom stereocenters. The molecule has 1 saturated heterocycles. The van der Waals surface area contributed by atoms with Crippen molar-refractivity contribution in [2.24, 2.45) is 11.1 Å². The van der Waals surface area contributed by atoms with Crippen molar-refractivity contribution in [3.05, 3.63) is 24.2 Å². The Morgan fingerprint density at radius 1 is 1.22 bits per heavy atom. The van der Waals surface area contributed by atoms with Crippen LogP contribution in [0.5, 0.6) is 0 Å². The van der Waals surface area contributed by atoms with Crippen molar-refractivity contribution in [1.29, 1.82) is 0 Å². The van der Waals surface area contributed by atoms with Crippen molar-refractivity contribution in [2.75, 3.05) is 19.6 Å². The van der Waals surface area contributed by atoms with E-state index < -0.39 is 0 Å². The molecular formula is C15H24N2O. The summed E-state index contributed by atoms with van der Waals surface area (Å²) in [6.45, 7) is 3.02. The molecule has 3 heteroatoms. The molecule has 0 bridgehead atoms. The average Bonchev–Trinajstić information content (AvgIpc) is 3.05. The van der Waals surface area contributed by atoms with Crippen molar-refractivity contribution in [3.8, 4) is 0 Å². The van der Waals surface area contributed by atoms with E-state index in [9.17, 15) is 0 Å². The van der Waals surface area contributed by atoms with E-state index in [1.165, 1.54) is 51.6 Å². The Morgan fingerprint density at radius 2 is 1.94 bits per heavy atom. The van der Waals surface area contributed by atoms with Crippen LogP contribution in [0.4, 0.5) is 0 Å². The second kappa shape index (κ2) is 5.06. The predicted molar refractivity (Wildman–Crippen MR) is 72.2 cm³/mol. The number of piperidine rings is 1. The monoisotopic (exact) mass is 248 g/mol. The minimum Gasteiger partial charge on any atom is -0.468 e. The van der Waals surface area contributed by atoms with E-state index in [0.717, 1.165) is 5.76 Å². The Balaban J connectivity index is 1.64. The van der Waals surface area contributed by atoms with Crippen LogP contribution in [0.3, 0.4) is 0 Å². The summed E-state index contributed by atoms with van der Waals surface area (Å²) in [6.07, 6.45) is 10.2. The second-order valence-corrected chi connectivity index (χ2v) is 6.01. The zero-order valence-corrected chi connectivity index (χ0v) is 11.1. The molecule has 1 aliphatic heterocycles. The number of rotatable bonds is 3. The molecule has 1 aliphatic carbocycles. The number of hydrogen-bond donors (Lipinski definition) is 1. The van der Waals surface area contributed by atoms with Crippen molar-refractivity contribution in [3.63, 3.8) is 0 Å². The van der Waals surface area contributed by atoms with Gasteiger partial charge in [0.15, 0.2) is 0 Å². The first-order chi connectivity index (χ1) is 8.83. The van der Waals surface area contributed by atoms with Gasteiger partial charge in [0, 0.05) is 6.54 Å². The first kappa shape index (κ1) is 12.2. The van der Waals surface area contributed by atoms with E-state index in [2.05, 4.69) is 11.0 Å². The van der Waals surface area contributed by atoms with Crippen LogP contribution in [0.1, 0.15) is 50.3 Å². The van der Waals surface area contributed by atoms with Gasteiger partial charge in [-0.15, -0.1) is 0 Å². The predicted octanol–water partition coefficient (Wildman–Crippen LogP) is 2.94. The van der Waals surface area contributed by atoms with Crippen LogP contribution in [-0.2, 0) is 0 Å². The smallest absolute Gasteiger partial charge is 0.122 e. The van der Waals surface area contributed by atoms with Gasteiger partial charge in [-0.3, -0.25) is 4.90 Å². The van der Waals surface area contributed by atoms with Gasteiger partial charge in [0.2, 0.25) is 0 Å². The minimum absolute atomic E-state index is 0.277. The van der Waals surface area contributed by atoms with Crippen molar-refractivity contribution >= 4 is 0 Å². The lowest BCUT2D eigenvalue weighted by Gasteiger charge is -2.42. The van der Waals surface area contributed by atoms with Gasteiger partial charge < -0.3 is 10.2 Å². The quantitative estimate of drug-likeness (QED) is 0.894. The highest BCUT2D eigenvalue weighted by Gasteiger charge is 2.38. The Labute approximate surface area is 109 Å². The Hall–Kier alpha value is -0.800. The van der Waals surface area contributed by atoms with Crippen molar-refractivity contribution < 1.29 is 4.42 Å². The number of likely N-dealkylation sites (tertiary alicyclic amines) is 1. The number of nitrogens with zero attached hydrogens (tertiary/aromatic N) is 1. The maximum absolute atomic E-state index is 5.94. The minimum atomic E-state index is 0.277. The largest absolute Gasteiger partial charge is 0.468 e. The van der Waals surface area contributed by atoms with Gasteiger partial charge in [0.1, 0.15) is 5.76 Å². The van der Waals surface area contributed by atoms with Crippen molar-refractivity contribution in [2.45, 2.75) is 44.6 Å². The van der Waals surface area contributed by atoms with Gasteiger partial charge in [-0.2, -0.15) is 0 Å². The molecule has 0 amide bonds. The summed E-state index contributed by atoms with van der Waals surface area (Å²) in [6, 6.07) is 4.29. The fourth-order valence-corrected chi connectivity index (χ4v) is 3.86. The molecule has 1 aromatic heterocycles. The first-order valence-corrected chi connectivity index (χ1v) is 7.31. The Kier molecular flexibility index (Phi) is 3.44. The highest BCUT2D eigenvalue weighted by molar-refractivity contribution is 5.06. The molecule has 1 saturated carbocycles. The van der Waals surface area contributed by atoms with Crippen molar-refractivity contribution in [1.82, 2.24) is 4.90 Å². The highest BCUT2D eigenvalue weighted by atomic mass is 16.3. The highest BCUT2D eigenvalue weighted by Crippen LogP contribution is 2.47. The SMILES string of the molecule is NCC(c1ccco1)N1CCC2(CCCC2)CC1. The van der Waals surface area contributed by atoms with Crippen LogP contribution in [0.25, 0.3) is 0 Å². The Morgan fingerprint density at radius 3 is 2.50 bits per heavy atom. The van der Waals surface area contributed by atoms with Gasteiger partial charge in [-0.1, -0.05) is 12.8 Å². The molecule has 1 spiro atoms. The van der Waals surface area contributed by atoms with E-state index in [-0.39, 0.29) is 6.04 Å². The molecule has 1 aromatic rings. The number of furan rings is 1. The molecule has 1 unspecified atom stereocenters. The Bertz CT molecular complexity index is 358. The summed E-state index contributed by atoms with van der Waals surface area (Å²) in [5, 5.41) is 0. The van der Waals surface area contributed by atoms with E-state index in [0.29, 0.717) is 12.0 Å². The lowest BCUT2D eigenvalue weighted by atomic mass is 9.77. The van der Waals surface area contributed by atoms with Gasteiger partial charge in [-0.25, -0.2) is 0 Å². The zero-order chi connectivity index (χ0) is 12.4. The lowest BCUT2D eigenvalue weighted by Crippen LogP contribution is -2.43. The zero-order valence-electron chi connectivity index (χ0n) is 11.1. The molecule has 2 aliphatic rings. The molecule has 2 heterocycles. The maximum atomic E-state index is 5.94. The molecule has 3 nitrogen and oxygen atoms in total. The van der Waals surface area contributed by atoms with Gasteiger partial charge in [-0.05, 0) is 56.3 Å². The first-order valence-electron chi connectivity index (χ1n) is 7.31. The molecule has 100 valence electrons. The van der Waals surface area contributed by atoms with Crippen LogP contribution in [0.2, 0.25) is 0 Å². The maximum Gasteiger partial charge on any atom is 0.122 e. The third-order valence-corrected chi connectivity index (χ3v) is 5.06. The van der Waals surface area contributed by atoms with Crippen LogP contribution in [-0.4, -0.2) is 24.5 Å². The van der Waals surface area contributed by atoms with Gasteiger partial charge in [0.25, 0.3) is 0 Å². The third-order valence-electron chi connectivity index (χ3n) is 5.06. The van der Waals surface area contributed by atoms with Crippen LogP contribution in [0.15, 0.2) is 22.8 Å². The van der Waals surface area contributed by atoms with E-state index in [4.69, 9.17) is 10.2 Å². The molecule has 2 N–H and O–H groups in total. The summed E-state index contributed by atoms with van der Waals surface area (Å²) < 4.78 is 5.54. The van der Waals surface area contributed by atoms with E-state index in [1.807, 2.05) is 6.07 Å². The second-order valence-electron chi connectivity index (χ2n) is 6.01. The summed E-state index contributed by atoms with van der Waals surface area (Å²) >= 11 is 0. The third kappa shape index (κ3) is 2.21. The molecule has 0 aromatic carbocycles. The normalized spacial score (nSPS) is 25.6. The number of nitrogens with two attached hydrogens (primary N) is 1. The van der Waals surface area contributed by atoms with Crippen LogP contribution in [0, 0.1) is 5.41 Å². The summed E-state index contributed by atoms with van der Waals surface area (Å²) in [7, 11) is 0.